The van der Waals surface area contributed by atoms with E-state index in [1.165, 1.54) is 30.3 Å². The number of carbonyl (C=O) groups is 1. The molecule has 4 nitrogen and oxygen atoms in total. The van der Waals surface area contributed by atoms with Gasteiger partial charge in [0.15, 0.2) is 0 Å². The highest BCUT2D eigenvalue weighted by Crippen LogP contribution is 2.20. The quantitative estimate of drug-likeness (QED) is 0.881. The van der Waals surface area contributed by atoms with Crippen LogP contribution in [0.2, 0.25) is 0 Å². The summed E-state index contributed by atoms with van der Waals surface area (Å²) in [5.74, 6) is -0.878. The highest BCUT2D eigenvalue weighted by atomic mass is 19.1. The van der Waals surface area contributed by atoms with E-state index in [1.54, 1.807) is 6.92 Å². The number of benzene rings is 2. The Labute approximate surface area is 115 Å². The van der Waals surface area contributed by atoms with Crippen molar-refractivity contribution in [1.82, 2.24) is 0 Å². The van der Waals surface area contributed by atoms with Gasteiger partial charge in [0.25, 0.3) is 5.91 Å². The molecule has 0 saturated carbocycles. The minimum Gasteiger partial charge on any atom is -0.508 e. The van der Waals surface area contributed by atoms with Crippen molar-refractivity contribution in [2.24, 2.45) is 0 Å². The summed E-state index contributed by atoms with van der Waals surface area (Å²) in [6.45, 7) is 1.67. The lowest BCUT2D eigenvalue weighted by Crippen LogP contribution is -2.13. The van der Waals surface area contributed by atoms with Crippen LogP contribution in [0.1, 0.15) is 21.5 Å². The van der Waals surface area contributed by atoms with E-state index in [0.29, 0.717) is 11.1 Å². The normalized spacial score (nSPS) is 9.85. The average molecular weight is 270 g/mol. The van der Waals surface area contributed by atoms with Crippen LogP contribution in [-0.4, -0.2) is 11.0 Å². The largest absolute Gasteiger partial charge is 0.508 e. The maximum absolute atomic E-state index is 13.0. The number of aromatic hydroxyl groups is 1. The van der Waals surface area contributed by atoms with Crippen molar-refractivity contribution >= 4 is 11.6 Å². The van der Waals surface area contributed by atoms with E-state index in [4.69, 9.17) is 5.26 Å². The number of nitrogens with one attached hydrogen (secondary N) is 1. The molecule has 0 fully saturated rings. The zero-order chi connectivity index (χ0) is 14.7. The molecule has 20 heavy (non-hydrogen) atoms. The molecule has 0 aromatic heterocycles. The Morgan fingerprint density at radius 1 is 1.30 bits per heavy atom. The third-order valence-corrected chi connectivity index (χ3v) is 2.81. The molecule has 0 atom stereocenters. The van der Waals surface area contributed by atoms with Crippen molar-refractivity contribution < 1.29 is 14.3 Å². The van der Waals surface area contributed by atoms with Crippen LogP contribution < -0.4 is 5.32 Å². The van der Waals surface area contributed by atoms with Crippen LogP contribution in [0.15, 0.2) is 36.4 Å². The van der Waals surface area contributed by atoms with Crippen LogP contribution in [0.25, 0.3) is 0 Å². The fraction of sp³-hybridized carbons (Fsp3) is 0.0667. The second kappa shape index (κ2) is 5.41. The van der Waals surface area contributed by atoms with Gasteiger partial charge >= 0.3 is 0 Å². The van der Waals surface area contributed by atoms with E-state index >= 15 is 0 Å². The zero-order valence-corrected chi connectivity index (χ0v) is 10.6. The number of amides is 1. The van der Waals surface area contributed by atoms with Crippen LogP contribution in [-0.2, 0) is 0 Å². The summed E-state index contributed by atoms with van der Waals surface area (Å²) < 4.78 is 13.0. The number of phenols is 1. The third kappa shape index (κ3) is 2.75. The van der Waals surface area contributed by atoms with E-state index in [1.807, 2.05) is 6.07 Å². The molecule has 0 aliphatic rings. The molecule has 2 rings (SSSR count). The molecule has 0 spiro atoms. The van der Waals surface area contributed by atoms with Crippen molar-refractivity contribution in [3.05, 3.63) is 58.9 Å². The lowest BCUT2D eigenvalue weighted by atomic mass is 10.1. The first kappa shape index (κ1) is 13.6. The van der Waals surface area contributed by atoms with Gasteiger partial charge in [-0.05, 0) is 48.9 Å². The van der Waals surface area contributed by atoms with Crippen LogP contribution in [0.3, 0.4) is 0 Å². The van der Waals surface area contributed by atoms with Gasteiger partial charge in [0.1, 0.15) is 17.6 Å². The number of nitriles is 1. The number of halogens is 1. The smallest absolute Gasteiger partial charge is 0.255 e. The number of phenolic OH excluding ortho intramolecular Hbond substituents is 1. The predicted molar refractivity (Wildman–Crippen MR) is 71.9 cm³/mol. The van der Waals surface area contributed by atoms with Crippen LogP contribution in [0.5, 0.6) is 5.75 Å². The van der Waals surface area contributed by atoms with Gasteiger partial charge in [-0.1, -0.05) is 0 Å². The molecule has 2 aromatic rings. The number of aryl methyl sites for hydroxylation is 1. The Morgan fingerprint density at radius 2 is 2.05 bits per heavy atom. The number of rotatable bonds is 2. The topological polar surface area (TPSA) is 73.1 Å². The molecule has 5 heteroatoms. The maximum Gasteiger partial charge on any atom is 0.255 e. The summed E-state index contributed by atoms with van der Waals surface area (Å²) >= 11 is 0. The Kier molecular flexibility index (Phi) is 3.67. The Bertz CT molecular complexity index is 720. The summed E-state index contributed by atoms with van der Waals surface area (Å²) in [5, 5.41) is 20.9. The first-order valence-electron chi connectivity index (χ1n) is 5.82. The molecule has 0 saturated heterocycles. The minimum atomic E-state index is -0.542. The van der Waals surface area contributed by atoms with Crippen LogP contribution in [0, 0.1) is 24.1 Å². The van der Waals surface area contributed by atoms with Crippen molar-refractivity contribution in [3.8, 4) is 11.8 Å². The monoisotopic (exact) mass is 270 g/mol. The first-order chi connectivity index (χ1) is 9.51. The van der Waals surface area contributed by atoms with Gasteiger partial charge in [-0.3, -0.25) is 4.79 Å². The van der Waals surface area contributed by atoms with Crippen molar-refractivity contribution in [1.29, 1.82) is 5.26 Å². The molecule has 0 unspecified atom stereocenters. The molecular weight excluding hydrogens is 259 g/mol. The Balaban J connectivity index is 2.28. The fourth-order valence-corrected chi connectivity index (χ4v) is 1.71. The SMILES string of the molecule is Cc1cc(C(=O)Nc2ccc(F)cc2C#N)ccc1O. The van der Waals surface area contributed by atoms with Crippen molar-refractivity contribution in [2.45, 2.75) is 6.92 Å². The van der Waals surface area contributed by atoms with Crippen molar-refractivity contribution in [3.63, 3.8) is 0 Å². The van der Waals surface area contributed by atoms with Gasteiger partial charge in [0, 0.05) is 5.56 Å². The molecule has 0 bridgehead atoms. The molecule has 0 heterocycles. The predicted octanol–water partition coefficient (Wildman–Crippen LogP) is 2.96. The van der Waals surface area contributed by atoms with E-state index in [2.05, 4.69) is 5.32 Å². The van der Waals surface area contributed by atoms with E-state index in [-0.39, 0.29) is 17.0 Å². The molecule has 100 valence electrons. The molecule has 1 amide bonds. The molecule has 0 radical (unpaired) electrons. The second-order valence-corrected chi connectivity index (χ2v) is 4.26. The number of hydrogen-bond donors (Lipinski definition) is 2. The summed E-state index contributed by atoms with van der Waals surface area (Å²) in [4.78, 5) is 12.0. The summed E-state index contributed by atoms with van der Waals surface area (Å²) in [7, 11) is 0. The molecule has 2 aromatic carbocycles. The summed E-state index contributed by atoms with van der Waals surface area (Å²) in [5.41, 5.74) is 1.20. The maximum atomic E-state index is 13.0. The zero-order valence-electron chi connectivity index (χ0n) is 10.6. The van der Waals surface area contributed by atoms with Crippen LogP contribution in [0.4, 0.5) is 10.1 Å². The van der Waals surface area contributed by atoms with E-state index < -0.39 is 11.7 Å². The minimum absolute atomic E-state index is 0.0499. The Morgan fingerprint density at radius 3 is 2.70 bits per heavy atom. The van der Waals surface area contributed by atoms with Crippen LogP contribution >= 0.6 is 0 Å². The lowest BCUT2D eigenvalue weighted by Gasteiger charge is -2.08. The lowest BCUT2D eigenvalue weighted by molar-refractivity contribution is 0.102. The van der Waals surface area contributed by atoms with E-state index in [9.17, 15) is 14.3 Å². The number of nitrogens with zero attached hydrogens (tertiary/aromatic N) is 1. The number of carbonyl (C=O) groups excluding carboxylic acids is 1. The van der Waals surface area contributed by atoms with Gasteiger partial charge in [-0.25, -0.2) is 4.39 Å². The third-order valence-electron chi connectivity index (χ3n) is 2.81. The van der Waals surface area contributed by atoms with E-state index in [0.717, 1.165) is 6.07 Å². The van der Waals surface area contributed by atoms with Crippen molar-refractivity contribution in [2.75, 3.05) is 5.32 Å². The summed E-state index contributed by atoms with van der Waals surface area (Å²) in [6, 6.07) is 9.78. The Hall–Kier alpha value is -2.87. The molecule has 0 aliphatic heterocycles. The van der Waals surface area contributed by atoms with Gasteiger partial charge in [0.05, 0.1) is 11.3 Å². The fourth-order valence-electron chi connectivity index (χ4n) is 1.71. The second-order valence-electron chi connectivity index (χ2n) is 4.26. The van der Waals surface area contributed by atoms with Gasteiger partial charge in [0.2, 0.25) is 0 Å². The highest BCUT2D eigenvalue weighted by molar-refractivity contribution is 6.05. The van der Waals surface area contributed by atoms with Gasteiger partial charge in [-0.2, -0.15) is 5.26 Å². The number of hydrogen-bond acceptors (Lipinski definition) is 3. The molecule has 2 N–H and O–H groups in total. The highest BCUT2D eigenvalue weighted by Gasteiger charge is 2.11. The summed E-state index contributed by atoms with van der Waals surface area (Å²) in [6.07, 6.45) is 0. The standard InChI is InChI=1S/C15H11FN2O2/c1-9-6-10(2-5-14(9)19)15(20)18-13-4-3-12(16)7-11(13)8-17/h2-7,19H,1H3,(H,18,20). The van der Waals surface area contributed by atoms with Gasteiger partial charge < -0.3 is 10.4 Å². The number of anilines is 1. The average Bonchev–Trinajstić information content (AvgIpc) is 2.43. The van der Waals surface area contributed by atoms with Gasteiger partial charge in [-0.15, -0.1) is 0 Å². The first-order valence-corrected chi connectivity index (χ1v) is 5.82. The molecule has 0 aliphatic carbocycles. The molecular formula is C15H11FN2O2.